The molecule has 7 rings (SSSR count). The number of carbonyl (C=O) groups excluding carboxylic acids is 2. The molecule has 0 bridgehead atoms. The molecule has 0 heterocycles. The molecule has 71 heavy (non-hydrogen) atoms. The van der Waals surface area contributed by atoms with Crippen LogP contribution in [0.15, 0.2) is 146 Å². The summed E-state index contributed by atoms with van der Waals surface area (Å²) >= 11 is 0. The predicted molar refractivity (Wildman–Crippen MR) is 267 cm³/mol. The van der Waals surface area contributed by atoms with Crippen molar-refractivity contribution >= 4 is 39.9 Å². The molecule has 14 nitrogen and oxygen atoms in total. The molecule has 7 aromatic carbocycles. The summed E-state index contributed by atoms with van der Waals surface area (Å²) in [5, 5.41) is 24.9. The van der Waals surface area contributed by atoms with Crippen molar-refractivity contribution in [3.8, 4) is 40.2 Å². The maximum atomic E-state index is 13.4. The first kappa shape index (κ1) is 51.1. The Morgan fingerprint density at radius 3 is 1.37 bits per heavy atom. The number of ether oxygens (including phenoxy) is 4. The topological polar surface area (TPSA) is 189 Å². The summed E-state index contributed by atoms with van der Waals surface area (Å²) in [5.41, 5.74) is -1.10. The first-order valence-electron chi connectivity index (χ1n) is 21.9. The molecule has 364 valence electrons. The largest absolute Gasteiger partial charge is 0.558 e. The van der Waals surface area contributed by atoms with Gasteiger partial charge in [-0.15, -0.1) is 0 Å². The highest BCUT2D eigenvalue weighted by Crippen LogP contribution is 2.56. The van der Waals surface area contributed by atoms with Crippen LogP contribution < -0.4 is 47.8 Å². The molecule has 1 unspecified atom stereocenters. The van der Waals surface area contributed by atoms with E-state index in [1.54, 1.807) is 115 Å². The van der Waals surface area contributed by atoms with E-state index in [1.165, 1.54) is 86.5 Å². The summed E-state index contributed by atoms with van der Waals surface area (Å²) in [5.74, 6) is 0.179. The number of aliphatic hydroxyl groups excluding tert-OH is 2. The fourth-order valence-corrected chi connectivity index (χ4v) is 9.80. The number of aliphatic hydroxyl groups is 2. The Morgan fingerprint density at radius 1 is 0.521 bits per heavy atom. The number of hydrogen-bond acceptors (Lipinski definition) is 14. The Hall–Kier alpha value is -7.73. The molecular weight excluding hydrogens is 947 g/mol. The highest BCUT2D eigenvalue weighted by atomic mass is 31.2. The minimum Gasteiger partial charge on any atom is -0.558 e. The van der Waals surface area contributed by atoms with Crippen molar-refractivity contribution in [1.82, 2.24) is 0 Å². The third kappa shape index (κ3) is 10.9. The van der Waals surface area contributed by atoms with Gasteiger partial charge in [-0.3, -0.25) is 18.6 Å². The summed E-state index contributed by atoms with van der Waals surface area (Å²) in [6, 6.07) is 40.1. The van der Waals surface area contributed by atoms with Gasteiger partial charge in [-0.2, -0.15) is 0 Å². The first-order chi connectivity index (χ1) is 34.1. The fourth-order valence-electron chi connectivity index (χ4n) is 8.23. The van der Waals surface area contributed by atoms with Gasteiger partial charge in [0.05, 0.1) is 56.6 Å². The lowest BCUT2D eigenvalue weighted by Gasteiger charge is -2.38. The van der Waals surface area contributed by atoms with E-state index in [9.17, 15) is 29.3 Å². The van der Waals surface area contributed by atoms with Crippen molar-refractivity contribution in [3.63, 3.8) is 0 Å². The SMILES string of the molecule is COc1ccc(C(C)=O)c(OP(Oc2cc(OC)ccc2C(C)=O)OC(c2ccccc2)(c2ccccc2)c2c(O[P+](=O)[O-])ccc(=c3/cc(OC)cc/c3=C(\C)O)/c2=c2\cc(OC)cc\c2=C(/C)O)c1. The molecule has 0 radical (unpaired) electrons. The first-order valence-corrected chi connectivity index (χ1v) is 24.1. The zero-order valence-electron chi connectivity index (χ0n) is 40.0. The van der Waals surface area contributed by atoms with Crippen molar-refractivity contribution in [2.24, 2.45) is 0 Å². The van der Waals surface area contributed by atoms with Crippen molar-refractivity contribution in [2.45, 2.75) is 33.3 Å². The molecule has 7 aromatic rings. The van der Waals surface area contributed by atoms with E-state index in [0.717, 1.165) is 0 Å². The summed E-state index contributed by atoms with van der Waals surface area (Å²) < 4.78 is 63.1. The third-order valence-electron chi connectivity index (χ3n) is 11.5. The predicted octanol–water partition coefficient (Wildman–Crippen LogP) is 10.2. The lowest BCUT2D eigenvalue weighted by molar-refractivity contribution is -0.178. The van der Waals surface area contributed by atoms with Crippen LogP contribution in [-0.4, -0.2) is 50.2 Å². The van der Waals surface area contributed by atoms with Crippen LogP contribution in [0, 0.1) is 20.9 Å². The second-order valence-electron chi connectivity index (χ2n) is 15.9. The average molecular weight is 997 g/mol. The number of benzene rings is 7. The van der Waals surface area contributed by atoms with Crippen LogP contribution in [0.4, 0.5) is 0 Å². The van der Waals surface area contributed by atoms with Gasteiger partial charge in [-0.05, 0) is 132 Å². The molecule has 0 aliphatic carbocycles. The molecule has 0 saturated heterocycles. The lowest BCUT2D eigenvalue weighted by atomic mass is 9.78. The smallest absolute Gasteiger partial charge is 0.539 e. The highest BCUT2D eigenvalue weighted by molar-refractivity contribution is 7.42. The Kier molecular flexibility index (Phi) is 16.1. The van der Waals surface area contributed by atoms with Gasteiger partial charge in [0.15, 0.2) is 22.9 Å². The van der Waals surface area contributed by atoms with Crippen LogP contribution in [0.3, 0.4) is 0 Å². The van der Waals surface area contributed by atoms with Crippen LogP contribution >= 0.6 is 16.9 Å². The van der Waals surface area contributed by atoms with E-state index in [1.807, 2.05) is 0 Å². The number of rotatable bonds is 17. The lowest BCUT2D eigenvalue weighted by Crippen LogP contribution is -2.34. The standard InChI is InChI=1S/C55H50O14P2/c1-33(56)43-23-19-39(62-5)29-48(43)47-27-28-50(66-70(60)61)54(53(47)49-30-40(63-6)20-24-44(49)34(2)57)55(37-15-11-9-12-16-37,38-17-13-10-14-18-38)69-71(67-51-31-41(64-7)21-25-45(51)35(3)58)68-52-32-42(65-8)22-26-46(52)36(4)59/h9-32,56-57H,1-8H3/b43-33-,44-34-,48-47+,53-49-. The zero-order chi connectivity index (χ0) is 51.0. The summed E-state index contributed by atoms with van der Waals surface area (Å²) in [4.78, 5) is 39.9. The van der Waals surface area contributed by atoms with Crippen LogP contribution in [-0.2, 0) is 14.7 Å². The average Bonchev–Trinajstić information content (AvgIpc) is 3.37. The summed E-state index contributed by atoms with van der Waals surface area (Å²) in [6.07, 6.45) is 0. The molecule has 1 atom stereocenters. The maximum Gasteiger partial charge on any atom is 0.539 e. The Labute approximate surface area is 411 Å². The van der Waals surface area contributed by atoms with Gasteiger partial charge >= 0.3 is 16.9 Å². The second kappa shape index (κ2) is 22.4. The maximum absolute atomic E-state index is 13.4. The Balaban J connectivity index is 1.84. The van der Waals surface area contributed by atoms with E-state index >= 15 is 0 Å². The monoisotopic (exact) mass is 996 g/mol. The molecule has 2 N–H and O–H groups in total. The molecule has 0 fully saturated rings. The quantitative estimate of drug-likeness (QED) is 0.0498. The second-order valence-corrected chi connectivity index (χ2v) is 17.5. The number of methoxy groups -OCH3 is 4. The molecule has 16 heteroatoms. The van der Waals surface area contributed by atoms with Crippen molar-refractivity contribution in [3.05, 3.63) is 205 Å². The van der Waals surface area contributed by atoms with Gasteiger partial charge in [0.25, 0.3) is 0 Å². The van der Waals surface area contributed by atoms with E-state index in [2.05, 4.69) is 0 Å². The number of ketones is 2. The number of Topliss-reactive ketones (excluding diaryl/α,β-unsaturated/α-hetero) is 2. The molecule has 0 aliphatic heterocycles. The number of hydrogen-bond donors (Lipinski definition) is 2. The minimum absolute atomic E-state index is 0.0195. The van der Waals surface area contributed by atoms with E-state index in [-0.39, 0.29) is 62.2 Å². The molecule has 0 aliphatic rings. The van der Waals surface area contributed by atoms with Gasteiger partial charge in [0, 0.05) is 27.8 Å². The van der Waals surface area contributed by atoms with Gasteiger partial charge in [-0.1, -0.05) is 60.7 Å². The van der Waals surface area contributed by atoms with Crippen molar-refractivity contribution in [1.29, 1.82) is 0 Å². The highest BCUT2D eigenvalue weighted by Gasteiger charge is 2.47. The normalized spacial score (nSPS) is 13.4. The van der Waals surface area contributed by atoms with Gasteiger partial charge < -0.3 is 43.1 Å². The van der Waals surface area contributed by atoms with E-state index < -0.39 is 22.5 Å². The van der Waals surface area contributed by atoms with Gasteiger partial charge in [0.2, 0.25) is 0 Å². The molecule has 0 aromatic heterocycles. The van der Waals surface area contributed by atoms with Crippen molar-refractivity contribution < 1.29 is 66.3 Å². The molecule has 0 amide bonds. The minimum atomic E-state index is -3.67. The van der Waals surface area contributed by atoms with Gasteiger partial charge in [-0.25, -0.2) is 0 Å². The Bertz CT molecular complexity index is 3360. The molecule has 0 saturated carbocycles. The van der Waals surface area contributed by atoms with Gasteiger partial charge in [0.1, 0.15) is 34.5 Å². The van der Waals surface area contributed by atoms with E-state index in [0.29, 0.717) is 60.2 Å². The third-order valence-corrected chi connectivity index (χ3v) is 13.0. The summed E-state index contributed by atoms with van der Waals surface area (Å²) in [7, 11) is -0.777. The van der Waals surface area contributed by atoms with E-state index in [4.69, 9.17) is 37.0 Å². The van der Waals surface area contributed by atoms with Crippen molar-refractivity contribution in [2.75, 3.05) is 28.4 Å². The zero-order valence-corrected chi connectivity index (χ0v) is 41.8. The Morgan fingerprint density at radius 2 is 0.944 bits per heavy atom. The van der Waals surface area contributed by atoms with Crippen LogP contribution in [0.2, 0.25) is 0 Å². The molecular formula is C55H50O14P2. The summed E-state index contributed by atoms with van der Waals surface area (Å²) in [6.45, 7) is 5.76. The van der Waals surface area contributed by atoms with Crippen LogP contribution in [0.25, 0.3) is 11.5 Å². The molecule has 0 spiro atoms. The number of carbonyl (C=O) groups is 2. The van der Waals surface area contributed by atoms with Crippen LogP contribution in [0.5, 0.6) is 40.2 Å². The fraction of sp³-hybridized carbons (Fsp3) is 0.164. The van der Waals surface area contributed by atoms with Crippen LogP contribution in [0.1, 0.15) is 65.1 Å².